The number of amides is 1. The van der Waals surface area contributed by atoms with Crippen LogP contribution in [-0.2, 0) is 0 Å². The van der Waals surface area contributed by atoms with Crippen LogP contribution >= 0.6 is 22.6 Å². The summed E-state index contributed by atoms with van der Waals surface area (Å²) in [6.45, 7) is 1.52. The number of piperidine rings is 1. The molecule has 0 radical (unpaired) electrons. The lowest BCUT2D eigenvalue weighted by Crippen LogP contribution is -2.45. The Bertz CT molecular complexity index is 394. The number of benzene rings is 1. The Hall–Kier alpha value is -0.620. The molecule has 1 heterocycles. The van der Waals surface area contributed by atoms with Gasteiger partial charge in [-0.1, -0.05) is 6.07 Å². The molecular formula is C12H15IN2O. The molecule has 0 aliphatic carbocycles. The number of carbonyl (C=O) groups is 1. The molecule has 0 aromatic heterocycles. The Morgan fingerprint density at radius 3 is 3.00 bits per heavy atom. The largest absolute Gasteiger partial charge is 0.337 e. The topological polar surface area (TPSA) is 46.3 Å². The van der Waals surface area contributed by atoms with Crippen molar-refractivity contribution in [3.63, 3.8) is 0 Å². The first-order valence-corrected chi connectivity index (χ1v) is 6.55. The van der Waals surface area contributed by atoms with Gasteiger partial charge in [0.1, 0.15) is 0 Å². The number of nitrogens with two attached hydrogens (primary N) is 1. The number of halogens is 1. The van der Waals surface area contributed by atoms with E-state index in [2.05, 4.69) is 22.6 Å². The highest BCUT2D eigenvalue weighted by Gasteiger charge is 2.22. The van der Waals surface area contributed by atoms with Crippen LogP contribution in [0.15, 0.2) is 24.3 Å². The summed E-state index contributed by atoms with van der Waals surface area (Å²) in [5, 5.41) is 0. The van der Waals surface area contributed by atoms with Crippen molar-refractivity contribution in [3.05, 3.63) is 33.4 Å². The smallest absolute Gasteiger partial charge is 0.253 e. The van der Waals surface area contributed by atoms with Crippen LogP contribution in [0.4, 0.5) is 0 Å². The fourth-order valence-electron chi connectivity index (χ4n) is 2.00. The van der Waals surface area contributed by atoms with Crippen molar-refractivity contribution in [2.45, 2.75) is 18.9 Å². The molecule has 1 unspecified atom stereocenters. The van der Waals surface area contributed by atoms with Gasteiger partial charge >= 0.3 is 0 Å². The van der Waals surface area contributed by atoms with Crippen LogP contribution in [0.25, 0.3) is 0 Å². The average molecular weight is 330 g/mol. The standard InChI is InChI=1S/C12H15IN2O/c13-10-4-1-3-9(7-10)12(16)15-6-2-5-11(14)8-15/h1,3-4,7,11H,2,5-6,8,14H2. The lowest BCUT2D eigenvalue weighted by Gasteiger charge is -2.30. The molecule has 4 heteroatoms. The molecule has 16 heavy (non-hydrogen) atoms. The van der Waals surface area contributed by atoms with E-state index in [1.807, 2.05) is 29.2 Å². The van der Waals surface area contributed by atoms with Crippen LogP contribution in [0.5, 0.6) is 0 Å². The van der Waals surface area contributed by atoms with Gasteiger partial charge in [-0.15, -0.1) is 0 Å². The zero-order valence-electron chi connectivity index (χ0n) is 9.03. The molecule has 1 aromatic carbocycles. The van der Waals surface area contributed by atoms with Crippen molar-refractivity contribution in [1.29, 1.82) is 0 Å². The highest BCUT2D eigenvalue weighted by Crippen LogP contribution is 2.14. The normalized spacial score (nSPS) is 20.9. The molecule has 2 rings (SSSR count). The fraction of sp³-hybridized carbons (Fsp3) is 0.417. The number of likely N-dealkylation sites (tertiary alicyclic amines) is 1. The second kappa shape index (κ2) is 5.14. The summed E-state index contributed by atoms with van der Waals surface area (Å²) in [7, 11) is 0. The van der Waals surface area contributed by atoms with Crippen LogP contribution in [-0.4, -0.2) is 29.9 Å². The van der Waals surface area contributed by atoms with Crippen molar-refractivity contribution >= 4 is 28.5 Å². The van der Waals surface area contributed by atoms with E-state index in [4.69, 9.17) is 5.73 Å². The second-order valence-corrected chi connectivity index (χ2v) is 5.41. The number of carbonyl (C=O) groups excluding carboxylic acids is 1. The van der Waals surface area contributed by atoms with Gasteiger partial charge in [-0.05, 0) is 53.6 Å². The van der Waals surface area contributed by atoms with E-state index in [0.29, 0.717) is 6.54 Å². The van der Waals surface area contributed by atoms with Crippen LogP contribution in [0.3, 0.4) is 0 Å². The van der Waals surface area contributed by atoms with Crippen molar-refractivity contribution < 1.29 is 4.79 Å². The molecule has 1 amide bonds. The van der Waals surface area contributed by atoms with E-state index in [1.165, 1.54) is 0 Å². The third kappa shape index (κ3) is 2.74. The van der Waals surface area contributed by atoms with Crippen molar-refractivity contribution in [1.82, 2.24) is 4.90 Å². The van der Waals surface area contributed by atoms with Crippen molar-refractivity contribution in [3.8, 4) is 0 Å². The number of rotatable bonds is 1. The van der Waals surface area contributed by atoms with Crippen LogP contribution in [0, 0.1) is 3.57 Å². The van der Waals surface area contributed by atoms with Gasteiger partial charge in [0.2, 0.25) is 0 Å². The lowest BCUT2D eigenvalue weighted by atomic mass is 10.1. The molecule has 1 fully saturated rings. The number of hydrogen-bond acceptors (Lipinski definition) is 2. The Morgan fingerprint density at radius 1 is 1.50 bits per heavy atom. The van der Waals surface area contributed by atoms with E-state index in [0.717, 1.165) is 28.5 Å². The van der Waals surface area contributed by atoms with E-state index >= 15 is 0 Å². The van der Waals surface area contributed by atoms with Gasteiger partial charge in [-0.2, -0.15) is 0 Å². The minimum atomic E-state index is 0.105. The number of nitrogens with zero attached hydrogens (tertiary/aromatic N) is 1. The minimum Gasteiger partial charge on any atom is -0.337 e. The summed E-state index contributed by atoms with van der Waals surface area (Å²) >= 11 is 2.22. The molecule has 1 aliphatic rings. The molecule has 0 bridgehead atoms. The zero-order valence-corrected chi connectivity index (χ0v) is 11.2. The summed E-state index contributed by atoms with van der Waals surface area (Å²) in [6, 6.07) is 7.83. The predicted molar refractivity (Wildman–Crippen MR) is 72.3 cm³/mol. The molecule has 2 N–H and O–H groups in total. The van der Waals surface area contributed by atoms with Gasteiger partial charge in [0.05, 0.1) is 0 Å². The summed E-state index contributed by atoms with van der Waals surface area (Å²) < 4.78 is 1.09. The predicted octanol–water partition coefficient (Wildman–Crippen LogP) is 1.85. The first-order valence-electron chi connectivity index (χ1n) is 5.47. The number of hydrogen-bond donors (Lipinski definition) is 1. The van der Waals surface area contributed by atoms with E-state index in [9.17, 15) is 4.79 Å². The quantitative estimate of drug-likeness (QED) is 0.799. The molecular weight excluding hydrogens is 315 g/mol. The van der Waals surface area contributed by atoms with Crippen molar-refractivity contribution in [2.24, 2.45) is 5.73 Å². The molecule has 0 saturated carbocycles. The third-order valence-electron chi connectivity index (χ3n) is 2.82. The maximum absolute atomic E-state index is 12.2. The Morgan fingerprint density at radius 2 is 2.31 bits per heavy atom. The zero-order chi connectivity index (χ0) is 11.5. The molecule has 3 nitrogen and oxygen atoms in total. The maximum atomic E-state index is 12.2. The fourth-order valence-corrected chi connectivity index (χ4v) is 2.54. The first-order chi connectivity index (χ1) is 7.66. The Balaban J connectivity index is 2.12. The maximum Gasteiger partial charge on any atom is 0.253 e. The van der Waals surface area contributed by atoms with Gasteiger partial charge in [0, 0.05) is 28.3 Å². The van der Waals surface area contributed by atoms with Crippen LogP contribution in [0.1, 0.15) is 23.2 Å². The van der Waals surface area contributed by atoms with Crippen LogP contribution < -0.4 is 5.73 Å². The van der Waals surface area contributed by atoms with Crippen molar-refractivity contribution in [2.75, 3.05) is 13.1 Å². The van der Waals surface area contributed by atoms with E-state index < -0.39 is 0 Å². The highest BCUT2D eigenvalue weighted by atomic mass is 127. The van der Waals surface area contributed by atoms with Gasteiger partial charge in [-0.3, -0.25) is 4.79 Å². The Labute approximate surface area is 109 Å². The summed E-state index contributed by atoms with van der Waals surface area (Å²) in [5.74, 6) is 0.105. The lowest BCUT2D eigenvalue weighted by molar-refractivity contribution is 0.0709. The van der Waals surface area contributed by atoms with Gasteiger partial charge in [0.15, 0.2) is 0 Å². The monoisotopic (exact) mass is 330 g/mol. The first kappa shape index (κ1) is 11.9. The van der Waals surface area contributed by atoms with Gasteiger partial charge in [-0.25, -0.2) is 0 Å². The molecule has 0 spiro atoms. The third-order valence-corrected chi connectivity index (χ3v) is 3.49. The molecule has 1 atom stereocenters. The molecule has 1 saturated heterocycles. The summed E-state index contributed by atoms with van der Waals surface area (Å²) in [4.78, 5) is 14.0. The summed E-state index contributed by atoms with van der Waals surface area (Å²) in [6.07, 6.45) is 2.03. The Kier molecular flexibility index (Phi) is 3.81. The summed E-state index contributed by atoms with van der Waals surface area (Å²) in [5.41, 5.74) is 6.64. The highest BCUT2D eigenvalue weighted by molar-refractivity contribution is 14.1. The van der Waals surface area contributed by atoms with Gasteiger partial charge in [0.25, 0.3) is 5.91 Å². The molecule has 1 aromatic rings. The van der Waals surface area contributed by atoms with E-state index in [1.54, 1.807) is 0 Å². The minimum absolute atomic E-state index is 0.105. The molecule has 86 valence electrons. The van der Waals surface area contributed by atoms with Crippen LogP contribution in [0.2, 0.25) is 0 Å². The SMILES string of the molecule is NC1CCCN(C(=O)c2cccc(I)c2)C1. The van der Waals surface area contributed by atoms with Gasteiger partial charge < -0.3 is 10.6 Å². The molecule has 1 aliphatic heterocycles. The van der Waals surface area contributed by atoms with E-state index in [-0.39, 0.29) is 11.9 Å². The average Bonchev–Trinajstić information content (AvgIpc) is 2.28. The second-order valence-electron chi connectivity index (χ2n) is 4.16.